The van der Waals surface area contributed by atoms with Gasteiger partial charge in [0.1, 0.15) is 0 Å². The van der Waals surface area contributed by atoms with Crippen LogP contribution in [0.4, 0.5) is 0 Å². The lowest BCUT2D eigenvalue weighted by molar-refractivity contribution is -0.0370. The van der Waals surface area contributed by atoms with Gasteiger partial charge in [-0.25, -0.2) is 0 Å². The highest BCUT2D eigenvalue weighted by molar-refractivity contribution is 4.97. The Kier molecular flexibility index (Phi) is 33.6. The number of rotatable bonds is 39. The Bertz CT molecular complexity index is 757. The van der Waals surface area contributed by atoms with E-state index in [2.05, 4.69) is 46.4 Å². The maximum atomic E-state index is 3.52. The molecule has 362 valence electrons. The van der Waals surface area contributed by atoms with Gasteiger partial charge in [0, 0.05) is 18.1 Å². The van der Waals surface area contributed by atoms with E-state index in [1.807, 2.05) is 0 Å². The van der Waals surface area contributed by atoms with Crippen LogP contribution in [-0.2, 0) is 0 Å². The van der Waals surface area contributed by atoms with Crippen LogP contribution in [0.5, 0.6) is 0 Å². The summed E-state index contributed by atoms with van der Waals surface area (Å²) in [6.07, 6.45) is 67.1. The van der Waals surface area contributed by atoms with Crippen LogP contribution < -0.4 is 0 Å². The molecule has 0 saturated heterocycles. The first kappa shape index (κ1) is 55.3. The van der Waals surface area contributed by atoms with Gasteiger partial charge in [0.15, 0.2) is 0 Å². The van der Waals surface area contributed by atoms with Crippen molar-refractivity contribution in [1.29, 1.82) is 0 Å². The molecule has 3 fully saturated rings. The fourth-order valence-electron chi connectivity index (χ4n) is 13.8. The summed E-state index contributed by atoms with van der Waals surface area (Å²) in [6, 6.07) is 2.60. The lowest BCUT2D eigenvalue weighted by Gasteiger charge is -2.53. The zero-order chi connectivity index (χ0) is 43.6. The Morgan fingerprint density at radius 1 is 0.213 bits per heavy atom. The summed E-state index contributed by atoms with van der Waals surface area (Å²) < 4.78 is 0. The van der Waals surface area contributed by atoms with Crippen molar-refractivity contribution in [2.45, 2.75) is 349 Å². The smallest absolute Gasteiger partial charge is 0.0106 e. The van der Waals surface area contributed by atoms with Crippen LogP contribution in [0.3, 0.4) is 0 Å². The first-order valence-corrected chi connectivity index (χ1v) is 29.8. The minimum atomic E-state index is 0.868. The van der Waals surface area contributed by atoms with Crippen molar-refractivity contribution in [1.82, 2.24) is 4.90 Å². The van der Waals surface area contributed by atoms with Crippen molar-refractivity contribution in [3.05, 3.63) is 0 Å². The van der Waals surface area contributed by atoms with Gasteiger partial charge in [-0.3, -0.25) is 4.90 Å². The number of hydrogen-bond acceptors (Lipinski definition) is 1. The molecule has 0 aromatic rings. The third kappa shape index (κ3) is 24.9. The molecule has 0 radical (unpaired) electrons. The molecule has 6 unspecified atom stereocenters. The Labute approximate surface area is 387 Å². The summed E-state index contributed by atoms with van der Waals surface area (Å²) in [5.74, 6) is 5.93. The number of unbranched alkanes of at least 4 members (excludes halogenated alkanes) is 24. The molecule has 1 nitrogen and oxygen atoms in total. The molecule has 6 atom stereocenters. The van der Waals surface area contributed by atoms with Crippen molar-refractivity contribution in [2.24, 2.45) is 35.5 Å². The van der Waals surface area contributed by atoms with Crippen molar-refractivity contribution < 1.29 is 0 Å². The van der Waals surface area contributed by atoms with E-state index >= 15 is 0 Å². The third-order valence-corrected chi connectivity index (χ3v) is 17.2. The second-order valence-electron chi connectivity index (χ2n) is 22.9. The second kappa shape index (κ2) is 37.1. The Hall–Kier alpha value is -0.0400. The summed E-state index contributed by atoms with van der Waals surface area (Å²) in [4.78, 5) is 3.52. The van der Waals surface area contributed by atoms with Crippen molar-refractivity contribution >= 4 is 0 Å². The van der Waals surface area contributed by atoms with Crippen molar-refractivity contribution in [3.63, 3.8) is 0 Å². The molecule has 3 rings (SSSR count). The van der Waals surface area contributed by atoms with E-state index in [1.165, 1.54) is 231 Å². The molecule has 0 aromatic heterocycles. The van der Waals surface area contributed by atoms with Crippen LogP contribution in [0.1, 0.15) is 330 Å². The van der Waals surface area contributed by atoms with Gasteiger partial charge >= 0.3 is 0 Å². The molecule has 0 amide bonds. The maximum absolute atomic E-state index is 3.52. The van der Waals surface area contributed by atoms with Gasteiger partial charge in [-0.05, 0) is 93.3 Å². The molecule has 0 aromatic carbocycles. The second-order valence-corrected chi connectivity index (χ2v) is 22.9. The minimum absolute atomic E-state index is 0.868. The molecule has 3 aliphatic rings. The van der Waals surface area contributed by atoms with E-state index < -0.39 is 0 Å². The van der Waals surface area contributed by atoms with E-state index in [0.717, 1.165) is 53.6 Å². The van der Waals surface area contributed by atoms with Gasteiger partial charge in [-0.15, -0.1) is 0 Å². The first-order chi connectivity index (χ1) is 30.0. The van der Waals surface area contributed by atoms with Gasteiger partial charge in [-0.2, -0.15) is 0 Å². The van der Waals surface area contributed by atoms with Crippen LogP contribution in [0.15, 0.2) is 0 Å². The zero-order valence-electron chi connectivity index (χ0n) is 43.5. The van der Waals surface area contributed by atoms with Gasteiger partial charge in [0.25, 0.3) is 0 Å². The Balaban J connectivity index is 1.95. The van der Waals surface area contributed by atoms with Crippen molar-refractivity contribution in [3.8, 4) is 0 Å². The lowest BCUT2D eigenvalue weighted by Crippen LogP contribution is -2.56. The number of hydrogen-bond donors (Lipinski definition) is 0. The summed E-state index contributed by atoms with van der Waals surface area (Å²) in [6.45, 7) is 14.4. The quantitative estimate of drug-likeness (QED) is 0.0557. The molecule has 0 spiro atoms. The molecule has 3 saturated carbocycles. The molecule has 0 heterocycles. The zero-order valence-corrected chi connectivity index (χ0v) is 43.5. The van der Waals surface area contributed by atoms with Crippen LogP contribution in [-0.4, -0.2) is 23.0 Å². The van der Waals surface area contributed by atoms with E-state index in [-0.39, 0.29) is 0 Å². The lowest BCUT2D eigenvalue weighted by atomic mass is 9.68. The Morgan fingerprint density at radius 2 is 0.377 bits per heavy atom. The molecule has 3 aliphatic carbocycles. The van der Waals surface area contributed by atoms with Gasteiger partial charge in [-0.1, -0.05) is 273 Å². The molecular formula is C60H117N. The highest BCUT2D eigenvalue weighted by Gasteiger charge is 2.43. The van der Waals surface area contributed by atoms with Crippen LogP contribution in [0, 0.1) is 35.5 Å². The normalized spacial score (nSPS) is 27.3. The van der Waals surface area contributed by atoms with E-state index in [0.29, 0.717) is 0 Å². The van der Waals surface area contributed by atoms with E-state index in [4.69, 9.17) is 0 Å². The average molecular weight is 853 g/mol. The highest BCUT2D eigenvalue weighted by atomic mass is 15.2. The predicted molar refractivity (Wildman–Crippen MR) is 276 cm³/mol. The van der Waals surface area contributed by atoms with E-state index in [1.54, 1.807) is 57.8 Å². The van der Waals surface area contributed by atoms with Crippen molar-refractivity contribution in [2.75, 3.05) is 0 Å². The highest BCUT2D eigenvalue weighted by Crippen LogP contribution is 2.47. The van der Waals surface area contributed by atoms with Crippen LogP contribution >= 0.6 is 0 Å². The monoisotopic (exact) mass is 852 g/mol. The van der Waals surface area contributed by atoms with Gasteiger partial charge < -0.3 is 0 Å². The number of nitrogens with zero attached hydrogens (tertiary/aromatic N) is 1. The average Bonchev–Trinajstić information content (AvgIpc) is 3.26. The molecule has 1 heteroatoms. The van der Waals surface area contributed by atoms with Crippen LogP contribution in [0.25, 0.3) is 0 Å². The summed E-state index contributed by atoms with van der Waals surface area (Å²) in [5.41, 5.74) is 0. The topological polar surface area (TPSA) is 3.24 Å². The first-order valence-electron chi connectivity index (χ1n) is 29.8. The fraction of sp³-hybridized carbons (Fsp3) is 1.00. The largest absolute Gasteiger partial charge is 0.294 e. The third-order valence-electron chi connectivity index (χ3n) is 17.2. The molecular weight excluding hydrogens is 735 g/mol. The molecule has 0 aliphatic heterocycles. The SMILES string of the molecule is CCCCCCCC1CC(CCCCCCC)CC(N(C2CC(CCCCCCC)CC(CCCCCCC)C2)C2CC(CCCCCCC)CC(CCCCCCC)C2)C1. The fourth-order valence-corrected chi connectivity index (χ4v) is 13.8. The summed E-state index contributed by atoms with van der Waals surface area (Å²) in [7, 11) is 0. The summed E-state index contributed by atoms with van der Waals surface area (Å²) >= 11 is 0. The maximum Gasteiger partial charge on any atom is 0.0106 e. The molecule has 0 N–H and O–H groups in total. The molecule has 0 bridgehead atoms. The standard InChI is InChI=1S/C60H117N/c1-7-13-19-25-31-37-52-43-53(38-32-26-20-14-8-2)47-58(46-52)61(59-48-54(39-33-27-21-15-9-3)44-55(49-59)40-34-28-22-16-10-4)60-50-56(41-35-29-23-17-11-5)45-57(51-60)42-36-30-24-18-12-6/h52-60H,7-51H2,1-6H3. The Morgan fingerprint density at radius 3 is 0.541 bits per heavy atom. The minimum Gasteiger partial charge on any atom is -0.294 e. The van der Waals surface area contributed by atoms with Gasteiger partial charge in [0.05, 0.1) is 0 Å². The van der Waals surface area contributed by atoms with Crippen LogP contribution in [0.2, 0.25) is 0 Å². The predicted octanol–water partition coefficient (Wildman–Crippen LogP) is 20.8. The molecule has 61 heavy (non-hydrogen) atoms. The summed E-state index contributed by atoms with van der Waals surface area (Å²) in [5, 5.41) is 0. The van der Waals surface area contributed by atoms with E-state index in [9.17, 15) is 0 Å². The van der Waals surface area contributed by atoms with Gasteiger partial charge in [0.2, 0.25) is 0 Å².